The minimum absolute atomic E-state index is 0.103. The summed E-state index contributed by atoms with van der Waals surface area (Å²) in [6.07, 6.45) is -2.45. The molecule has 5 rings (SSSR count). The average Bonchev–Trinajstić information content (AvgIpc) is 3.27. The highest BCUT2D eigenvalue weighted by molar-refractivity contribution is 5.74. The molecule has 0 radical (unpaired) electrons. The number of anilines is 1. The van der Waals surface area contributed by atoms with Gasteiger partial charge >= 0.3 is 12.3 Å². The summed E-state index contributed by atoms with van der Waals surface area (Å²) in [6, 6.07) is 12.0. The molecule has 0 atom stereocenters. The van der Waals surface area contributed by atoms with Crippen molar-refractivity contribution in [2.45, 2.75) is 58.4 Å². The maximum Gasteiger partial charge on any atom is 0.419 e. The lowest BCUT2D eigenvalue weighted by Gasteiger charge is -2.33. The van der Waals surface area contributed by atoms with E-state index in [2.05, 4.69) is 4.98 Å². The highest BCUT2D eigenvalue weighted by Crippen LogP contribution is 2.37. The zero-order valence-electron chi connectivity index (χ0n) is 24.7. The molecule has 1 aliphatic rings. The molecule has 0 spiro atoms. The molecule has 3 aromatic heterocycles. The van der Waals surface area contributed by atoms with Crippen molar-refractivity contribution >= 4 is 17.4 Å². The number of fused-ring (bicyclic) bond motifs is 1. The zero-order valence-corrected chi connectivity index (χ0v) is 24.7. The summed E-state index contributed by atoms with van der Waals surface area (Å²) in [7, 11) is 1.55. The number of amides is 1. The Hall–Kier alpha value is -4.48. The second-order valence-corrected chi connectivity index (χ2v) is 11.5. The van der Waals surface area contributed by atoms with Crippen molar-refractivity contribution in [1.29, 1.82) is 0 Å². The van der Waals surface area contributed by atoms with E-state index in [-0.39, 0.29) is 17.8 Å². The van der Waals surface area contributed by atoms with E-state index in [1.54, 1.807) is 23.4 Å². The molecule has 1 saturated heterocycles. The molecule has 43 heavy (non-hydrogen) atoms. The molecular formula is C31H34F3N5O4. The fourth-order valence-electron chi connectivity index (χ4n) is 5.10. The van der Waals surface area contributed by atoms with E-state index in [4.69, 9.17) is 25.0 Å². The van der Waals surface area contributed by atoms with Gasteiger partial charge in [0.25, 0.3) is 0 Å². The molecule has 9 nitrogen and oxygen atoms in total. The standard InChI is InChI=1S/C31H34F3N5O4/c1-18-14-21-7-8-24(37-39(21)27(18)20-15-23(31(32,33)34)28(35)36-17-20)19-6-9-25(26(16-19)41-5)42-22-10-12-38(13-11-22)29(40)43-30(2,3)4/h6-9,14-17,22H,10-13H2,1-5H3,(H2,35,36). The summed E-state index contributed by atoms with van der Waals surface area (Å²) in [4.78, 5) is 17.9. The van der Waals surface area contributed by atoms with Crippen molar-refractivity contribution in [2.24, 2.45) is 0 Å². The number of pyridine rings is 1. The lowest BCUT2D eigenvalue weighted by molar-refractivity contribution is -0.137. The summed E-state index contributed by atoms with van der Waals surface area (Å²) in [5.41, 5.74) is 7.48. The summed E-state index contributed by atoms with van der Waals surface area (Å²) in [5.74, 6) is 0.495. The maximum atomic E-state index is 13.5. The van der Waals surface area contributed by atoms with Crippen LogP contribution in [0.1, 0.15) is 44.7 Å². The molecule has 2 N–H and O–H groups in total. The largest absolute Gasteiger partial charge is 0.493 e. The number of alkyl halides is 3. The first-order valence-electron chi connectivity index (χ1n) is 13.9. The van der Waals surface area contributed by atoms with Crippen LogP contribution in [0.2, 0.25) is 0 Å². The number of halogens is 3. The third-order valence-corrected chi connectivity index (χ3v) is 7.16. The number of carbonyl (C=O) groups is 1. The van der Waals surface area contributed by atoms with E-state index < -0.39 is 23.2 Å². The predicted molar refractivity (Wildman–Crippen MR) is 156 cm³/mol. The number of ether oxygens (including phenoxy) is 3. The van der Waals surface area contributed by atoms with Crippen LogP contribution in [-0.4, -0.2) is 57.5 Å². The second-order valence-electron chi connectivity index (χ2n) is 11.5. The van der Waals surface area contributed by atoms with E-state index in [1.165, 1.54) is 6.20 Å². The van der Waals surface area contributed by atoms with Crippen LogP contribution in [0.5, 0.6) is 11.5 Å². The van der Waals surface area contributed by atoms with Crippen molar-refractivity contribution in [3.8, 4) is 34.0 Å². The number of hydrogen-bond donors (Lipinski definition) is 1. The van der Waals surface area contributed by atoms with Crippen molar-refractivity contribution in [3.63, 3.8) is 0 Å². The van der Waals surface area contributed by atoms with Crippen LogP contribution in [-0.2, 0) is 10.9 Å². The van der Waals surface area contributed by atoms with E-state index in [0.717, 1.165) is 17.2 Å². The van der Waals surface area contributed by atoms with Crippen LogP contribution in [0.3, 0.4) is 0 Å². The number of nitrogen functional groups attached to an aromatic ring is 1. The highest BCUT2D eigenvalue weighted by Gasteiger charge is 2.34. The number of piperidine rings is 1. The molecule has 1 aromatic carbocycles. The Morgan fingerprint density at radius 3 is 2.37 bits per heavy atom. The van der Waals surface area contributed by atoms with Gasteiger partial charge in [0.05, 0.1) is 29.6 Å². The molecule has 4 aromatic rings. The van der Waals surface area contributed by atoms with Crippen molar-refractivity contribution in [3.05, 3.63) is 59.8 Å². The molecule has 1 fully saturated rings. The normalized spacial score (nSPS) is 14.7. The monoisotopic (exact) mass is 597 g/mol. The summed E-state index contributed by atoms with van der Waals surface area (Å²) < 4.78 is 59.6. The van der Waals surface area contributed by atoms with Crippen molar-refractivity contribution in [1.82, 2.24) is 19.5 Å². The van der Waals surface area contributed by atoms with Crippen molar-refractivity contribution in [2.75, 3.05) is 25.9 Å². The summed E-state index contributed by atoms with van der Waals surface area (Å²) in [5, 5.41) is 4.76. The number of methoxy groups -OCH3 is 1. The van der Waals surface area contributed by atoms with E-state index in [9.17, 15) is 18.0 Å². The molecule has 0 aliphatic carbocycles. The maximum absolute atomic E-state index is 13.5. The van der Waals surface area contributed by atoms with Gasteiger partial charge in [-0.05, 0) is 75.7 Å². The third kappa shape index (κ3) is 6.47. The van der Waals surface area contributed by atoms with Crippen LogP contribution >= 0.6 is 0 Å². The topological polar surface area (TPSA) is 104 Å². The predicted octanol–water partition coefficient (Wildman–Crippen LogP) is 6.76. The Bertz CT molecular complexity index is 1650. The Morgan fingerprint density at radius 2 is 1.72 bits per heavy atom. The first-order chi connectivity index (χ1) is 20.2. The molecule has 0 saturated carbocycles. The van der Waals surface area contributed by atoms with Gasteiger partial charge in [0, 0.05) is 43.3 Å². The van der Waals surface area contributed by atoms with Gasteiger partial charge in [0.1, 0.15) is 17.5 Å². The van der Waals surface area contributed by atoms with Gasteiger partial charge in [-0.2, -0.15) is 18.3 Å². The Kier molecular flexibility index (Phi) is 7.89. The second kappa shape index (κ2) is 11.3. The van der Waals surface area contributed by atoms with Crippen molar-refractivity contribution < 1.29 is 32.2 Å². The van der Waals surface area contributed by atoms with E-state index in [1.807, 2.05) is 57.2 Å². The van der Waals surface area contributed by atoms with Gasteiger partial charge in [-0.25, -0.2) is 14.3 Å². The minimum atomic E-state index is -4.64. The first-order valence-corrected chi connectivity index (χ1v) is 13.9. The lowest BCUT2D eigenvalue weighted by atomic mass is 10.1. The van der Waals surface area contributed by atoms with Crippen LogP contribution < -0.4 is 15.2 Å². The molecule has 12 heteroatoms. The Balaban J connectivity index is 1.38. The number of aromatic nitrogens is 3. The number of rotatable bonds is 5. The van der Waals surface area contributed by atoms with Gasteiger partial charge in [-0.3, -0.25) is 0 Å². The van der Waals surface area contributed by atoms with Crippen LogP contribution in [0.25, 0.3) is 28.0 Å². The SMILES string of the molecule is COc1cc(-c2ccc3cc(C)c(-c4cnc(N)c(C(F)(F)F)c4)n3n2)ccc1OC1CCN(C(=O)OC(C)(C)C)CC1. The lowest BCUT2D eigenvalue weighted by Crippen LogP contribution is -2.44. The highest BCUT2D eigenvalue weighted by atomic mass is 19.4. The number of aryl methyl sites for hydroxylation is 1. The summed E-state index contributed by atoms with van der Waals surface area (Å²) in [6.45, 7) is 8.38. The number of nitrogens with zero attached hydrogens (tertiary/aromatic N) is 4. The van der Waals surface area contributed by atoms with Gasteiger partial charge in [0.15, 0.2) is 11.5 Å². The van der Waals surface area contributed by atoms with Crippen LogP contribution in [0, 0.1) is 6.92 Å². The molecule has 0 unspecified atom stereocenters. The van der Waals surface area contributed by atoms with Gasteiger partial charge in [-0.15, -0.1) is 0 Å². The van der Waals surface area contributed by atoms with Gasteiger partial charge < -0.3 is 24.8 Å². The van der Waals surface area contributed by atoms with Crippen LogP contribution in [0.4, 0.5) is 23.8 Å². The van der Waals surface area contributed by atoms with E-state index in [0.29, 0.717) is 54.3 Å². The minimum Gasteiger partial charge on any atom is -0.493 e. The number of benzene rings is 1. The average molecular weight is 598 g/mol. The Morgan fingerprint density at radius 1 is 1.00 bits per heavy atom. The Labute approximate surface area is 247 Å². The molecule has 4 heterocycles. The molecule has 1 aliphatic heterocycles. The molecular weight excluding hydrogens is 563 g/mol. The van der Waals surface area contributed by atoms with Crippen LogP contribution in [0.15, 0.2) is 48.7 Å². The number of carbonyl (C=O) groups excluding carboxylic acids is 1. The quantitative estimate of drug-likeness (QED) is 0.271. The fraction of sp³-hybridized carbons (Fsp3) is 0.387. The molecule has 228 valence electrons. The smallest absolute Gasteiger partial charge is 0.419 e. The van der Waals surface area contributed by atoms with Gasteiger partial charge in [0.2, 0.25) is 0 Å². The summed E-state index contributed by atoms with van der Waals surface area (Å²) >= 11 is 0. The number of likely N-dealkylation sites (tertiary alicyclic amines) is 1. The van der Waals surface area contributed by atoms with E-state index >= 15 is 0 Å². The first kappa shape index (κ1) is 30.0. The molecule has 1 amide bonds. The van der Waals surface area contributed by atoms with Gasteiger partial charge in [-0.1, -0.05) is 0 Å². The number of hydrogen-bond acceptors (Lipinski definition) is 7. The third-order valence-electron chi connectivity index (χ3n) is 7.16. The fourth-order valence-corrected chi connectivity index (χ4v) is 5.10. The number of nitrogens with two attached hydrogens (primary N) is 1. The molecule has 0 bridgehead atoms. The zero-order chi connectivity index (χ0) is 31.1.